The van der Waals surface area contributed by atoms with Crippen LogP contribution in [0.2, 0.25) is 0 Å². The third-order valence-corrected chi connectivity index (χ3v) is 3.92. The lowest BCUT2D eigenvalue weighted by atomic mass is 10.0. The highest BCUT2D eigenvalue weighted by Crippen LogP contribution is 2.27. The maximum atomic E-state index is 13.2. The lowest BCUT2D eigenvalue weighted by Gasteiger charge is -2.06. The molecule has 0 saturated carbocycles. The van der Waals surface area contributed by atoms with Gasteiger partial charge in [0.25, 0.3) is 9.05 Å². The Morgan fingerprint density at radius 3 is 2.21 bits per heavy atom. The van der Waals surface area contributed by atoms with Crippen LogP contribution in [-0.4, -0.2) is 8.42 Å². The minimum Gasteiger partial charge on any atom is -0.207 e. The molecule has 2 aromatic carbocycles. The number of hydrogen-bond donors (Lipinski definition) is 0. The van der Waals surface area contributed by atoms with E-state index < -0.39 is 20.7 Å². The van der Waals surface area contributed by atoms with Crippen LogP contribution in [0.1, 0.15) is 5.56 Å². The van der Waals surface area contributed by atoms with Crippen LogP contribution >= 0.6 is 10.7 Å². The van der Waals surface area contributed by atoms with Gasteiger partial charge in [-0.15, -0.1) is 0 Å². The quantitative estimate of drug-likeness (QED) is 0.789. The second kappa shape index (κ2) is 4.90. The molecule has 0 aromatic heterocycles. The van der Waals surface area contributed by atoms with Crippen molar-refractivity contribution in [3.8, 4) is 11.1 Å². The third-order valence-electron chi connectivity index (χ3n) is 2.59. The summed E-state index contributed by atoms with van der Waals surface area (Å²) < 4.78 is 48.7. The summed E-state index contributed by atoms with van der Waals surface area (Å²) in [6, 6.07) is 7.76. The van der Waals surface area contributed by atoms with E-state index in [1.807, 2.05) is 0 Å². The fourth-order valence-electron chi connectivity index (χ4n) is 1.73. The fraction of sp³-hybridized carbons (Fsp3) is 0.0769. The van der Waals surface area contributed by atoms with Crippen LogP contribution in [-0.2, 0) is 9.05 Å². The Hall–Kier alpha value is -1.46. The molecule has 0 atom stereocenters. The molecule has 0 aliphatic rings. The number of hydrogen-bond acceptors (Lipinski definition) is 2. The van der Waals surface area contributed by atoms with E-state index in [2.05, 4.69) is 0 Å². The maximum absolute atomic E-state index is 13.2. The van der Waals surface area contributed by atoms with Crippen LogP contribution in [0.3, 0.4) is 0 Å². The van der Waals surface area contributed by atoms with Crippen LogP contribution in [0.25, 0.3) is 11.1 Å². The molecule has 0 heterocycles. The van der Waals surface area contributed by atoms with Gasteiger partial charge in [0.05, 0.1) is 4.90 Å². The van der Waals surface area contributed by atoms with Crippen molar-refractivity contribution in [2.75, 3.05) is 0 Å². The lowest BCUT2D eigenvalue weighted by Crippen LogP contribution is -1.93. The van der Waals surface area contributed by atoms with E-state index in [9.17, 15) is 17.2 Å². The molecule has 2 nitrogen and oxygen atoms in total. The Bertz CT molecular complexity index is 742. The zero-order valence-corrected chi connectivity index (χ0v) is 11.4. The first-order valence-electron chi connectivity index (χ1n) is 5.29. The van der Waals surface area contributed by atoms with Gasteiger partial charge in [-0.25, -0.2) is 17.2 Å². The summed E-state index contributed by atoms with van der Waals surface area (Å²) in [5.74, 6) is -1.95. The van der Waals surface area contributed by atoms with Crippen molar-refractivity contribution in [1.82, 2.24) is 0 Å². The normalized spacial score (nSPS) is 11.6. The fourth-order valence-corrected chi connectivity index (χ4v) is 2.59. The molecule has 2 aromatic rings. The number of halogens is 3. The van der Waals surface area contributed by atoms with Gasteiger partial charge in [0.2, 0.25) is 0 Å². The molecule has 0 fully saturated rings. The first-order chi connectivity index (χ1) is 8.77. The first-order valence-corrected chi connectivity index (χ1v) is 7.60. The predicted molar refractivity (Wildman–Crippen MR) is 69.6 cm³/mol. The Morgan fingerprint density at radius 2 is 1.63 bits per heavy atom. The zero-order chi connectivity index (χ0) is 14.2. The summed E-state index contributed by atoms with van der Waals surface area (Å²) in [6.45, 7) is 1.69. The smallest absolute Gasteiger partial charge is 0.207 e. The van der Waals surface area contributed by atoms with Crippen molar-refractivity contribution in [3.63, 3.8) is 0 Å². The SMILES string of the molecule is Cc1cc(-c2ccc(F)c(F)c2)cc(S(=O)(=O)Cl)c1. The lowest BCUT2D eigenvalue weighted by molar-refractivity contribution is 0.509. The molecule has 0 bridgehead atoms. The number of aryl methyl sites for hydroxylation is 1. The highest BCUT2D eigenvalue weighted by molar-refractivity contribution is 8.13. The van der Waals surface area contributed by atoms with Gasteiger partial charge >= 0.3 is 0 Å². The van der Waals surface area contributed by atoms with Crippen LogP contribution in [0.15, 0.2) is 41.3 Å². The van der Waals surface area contributed by atoms with Crippen LogP contribution in [0.4, 0.5) is 8.78 Å². The topological polar surface area (TPSA) is 34.1 Å². The number of benzene rings is 2. The molecule has 0 unspecified atom stereocenters. The van der Waals surface area contributed by atoms with Crippen LogP contribution < -0.4 is 0 Å². The Kier molecular flexibility index (Phi) is 3.60. The van der Waals surface area contributed by atoms with Crippen molar-refractivity contribution in [2.24, 2.45) is 0 Å². The largest absolute Gasteiger partial charge is 0.261 e. The standard InChI is InChI=1S/C13H9ClF2O2S/c1-8-4-10(6-11(5-8)19(14,17)18)9-2-3-12(15)13(16)7-9/h2-7H,1H3. The second-order valence-electron chi connectivity index (χ2n) is 4.10. The maximum Gasteiger partial charge on any atom is 0.261 e. The molecule has 0 amide bonds. The van der Waals surface area contributed by atoms with Crippen molar-refractivity contribution < 1.29 is 17.2 Å². The van der Waals surface area contributed by atoms with Crippen molar-refractivity contribution >= 4 is 19.7 Å². The second-order valence-corrected chi connectivity index (χ2v) is 6.67. The van der Waals surface area contributed by atoms with Crippen LogP contribution in [0, 0.1) is 18.6 Å². The molecule has 0 spiro atoms. The Morgan fingerprint density at radius 1 is 0.947 bits per heavy atom. The highest BCUT2D eigenvalue weighted by atomic mass is 35.7. The molecule has 6 heteroatoms. The summed E-state index contributed by atoms with van der Waals surface area (Å²) in [5, 5.41) is 0. The summed E-state index contributed by atoms with van der Waals surface area (Å²) in [6.07, 6.45) is 0. The van der Waals surface area contributed by atoms with Crippen molar-refractivity contribution in [1.29, 1.82) is 0 Å². The predicted octanol–water partition coefficient (Wildman–Crippen LogP) is 3.87. The summed E-state index contributed by atoms with van der Waals surface area (Å²) in [5.41, 5.74) is 1.49. The van der Waals surface area contributed by atoms with E-state index in [4.69, 9.17) is 10.7 Å². The van der Waals surface area contributed by atoms with E-state index in [1.165, 1.54) is 18.2 Å². The van der Waals surface area contributed by atoms with Crippen molar-refractivity contribution in [3.05, 3.63) is 53.6 Å². The Balaban J connectivity index is 2.62. The van der Waals surface area contributed by atoms with Gasteiger partial charge in [-0.2, -0.15) is 0 Å². The molecule has 0 saturated heterocycles. The molecule has 100 valence electrons. The average molecular weight is 303 g/mol. The van der Waals surface area contributed by atoms with Gasteiger partial charge in [0.15, 0.2) is 11.6 Å². The Labute approximate surface area is 114 Å². The number of rotatable bonds is 2. The van der Waals surface area contributed by atoms with Gasteiger partial charge in [-0.1, -0.05) is 12.1 Å². The van der Waals surface area contributed by atoms with Crippen molar-refractivity contribution in [2.45, 2.75) is 11.8 Å². The van der Waals surface area contributed by atoms with E-state index in [0.29, 0.717) is 16.7 Å². The minimum atomic E-state index is -3.87. The monoisotopic (exact) mass is 302 g/mol. The zero-order valence-electron chi connectivity index (χ0n) is 9.82. The summed E-state index contributed by atoms with van der Waals surface area (Å²) in [4.78, 5) is -0.0751. The van der Waals surface area contributed by atoms with E-state index >= 15 is 0 Å². The summed E-state index contributed by atoms with van der Waals surface area (Å²) in [7, 11) is 1.41. The van der Waals surface area contributed by atoms with Gasteiger partial charge in [-0.05, 0) is 47.9 Å². The minimum absolute atomic E-state index is 0.0751. The van der Waals surface area contributed by atoms with Gasteiger partial charge in [-0.3, -0.25) is 0 Å². The van der Waals surface area contributed by atoms with E-state index in [1.54, 1.807) is 13.0 Å². The van der Waals surface area contributed by atoms with Gasteiger partial charge in [0, 0.05) is 10.7 Å². The average Bonchev–Trinajstić information content (AvgIpc) is 2.31. The van der Waals surface area contributed by atoms with Gasteiger partial charge in [0.1, 0.15) is 0 Å². The van der Waals surface area contributed by atoms with Gasteiger partial charge < -0.3 is 0 Å². The molecule has 2 rings (SSSR count). The third kappa shape index (κ3) is 3.11. The first kappa shape index (κ1) is 14.0. The molecule has 0 aliphatic heterocycles. The van der Waals surface area contributed by atoms with Crippen LogP contribution in [0.5, 0.6) is 0 Å². The summed E-state index contributed by atoms with van der Waals surface area (Å²) >= 11 is 0. The highest BCUT2D eigenvalue weighted by Gasteiger charge is 2.13. The molecular weight excluding hydrogens is 294 g/mol. The molecule has 0 aliphatic carbocycles. The van der Waals surface area contributed by atoms with E-state index in [0.717, 1.165) is 12.1 Å². The molecule has 0 N–H and O–H groups in total. The molecular formula is C13H9ClF2O2S. The molecule has 19 heavy (non-hydrogen) atoms. The van der Waals surface area contributed by atoms with E-state index in [-0.39, 0.29) is 4.90 Å². The molecule has 0 radical (unpaired) electrons.